The Labute approximate surface area is 101 Å². The molecule has 89 valence electrons. The molecule has 0 aromatic heterocycles. The van der Waals surface area contributed by atoms with Crippen molar-refractivity contribution in [1.29, 1.82) is 5.26 Å². The number of hydroxylamine groups is 2. The summed E-state index contributed by atoms with van der Waals surface area (Å²) in [6, 6.07) is 5.56. The van der Waals surface area contributed by atoms with Gasteiger partial charge in [-0.15, -0.1) is 10.3 Å². The first-order valence-electron chi connectivity index (χ1n) is 5.55. The van der Waals surface area contributed by atoms with Gasteiger partial charge in [0.15, 0.2) is 0 Å². The Balaban J connectivity index is 2.78. The summed E-state index contributed by atoms with van der Waals surface area (Å²) < 4.78 is 0. The number of hydrogen-bond acceptors (Lipinski definition) is 3. The molecule has 1 aliphatic rings. The second kappa shape index (κ2) is 3.22. The number of rotatable bonds is 0. The minimum Gasteiger partial charge on any atom is -0.398 e. The number of fused-ring (bicyclic) bond motifs is 1. The van der Waals surface area contributed by atoms with Crippen molar-refractivity contribution in [2.24, 2.45) is 0 Å². The van der Waals surface area contributed by atoms with E-state index in [1.165, 1.54) is 0 Å². The molecule has 1 aromatic carbocycles. The Bertz CT molecular complexity index is 526. The molecule has 0 aliphatic carbocycles. The molecular formula is C13H16N3O. The van der Waals surface area contributed by atoms with Gasteiger partial charge in [-0.05, 0) is 51.0 Å². The highest BCUT2D eigenvalue weighted by Crippen LogP contribution is 2.49. The quantitative estimate of drug-likeness (QED) is 0.695. The summed E-state index contributed by atoms with van der Waals surface area (Å²) in [4.78, 5) is 0. The van der Waals surface area contributed by atoms with E-state index >= 15 is 0 Å². The minimum atomic E-state index is -0.627. The molecule has 0 unspecified atom stereocenters. The Morgan fingerprint density at radius 3 is 2.12 bits per heavy atom. The number of nitrogen functional groups attached to an aromatic ring is 1. The number of hydrogen-bond donors (Lipinski definition) is 1. The van der Waals surface area contributed by atoms with Crippen molar-refractivity contribution in [3.8, 4) is 6.07 Å². The van der Waals surface area contributed by atoms with Crippen LogP contribution in [0.1, 0.15) is 44.4 Å². The van der Waals surface area contributed by atoms with E-state index in [1.54, 1.807) is 12.1 Å². The first-order valence-corrected chi connectivity index (χ1v) is 5.55. The van der Waals surface area contributed by atoms with Crippen LogP contribution in [0.25, 0.3) is 0 Å². The van der Waals surface area contributed by atoms with Crippen LogP contribution in [0.15, 0.2) is 12.1 Å². The number of anilines is 1. The summed E-state index contributed by atoms with van der Waals surface area (Å²) in [5.74, 6) is 0. The summed E-state index contributed by atoms with van der Waals surface area (Å²) in [6.07, 6.45) is 0. The molecule has 0 amide bonds. The van der Waals surface area contributed by atoms with Crippen molar-refractivity contribution in [2.45, 2.75) is 38.8 Å². The number of nitrogens with zero attached hydrogens (tertiary/aromatic N) is 2. The Kier molecular flexibility index (Phi) is 2.25. The highest BCUT2D eigenvalue weighted by molar-refractivity contribution is 5.61. The zero-order valence-corrected chi connectivity index (χ0v) is 10.5. The normalized spacial score (nSPS) is 20.9. The summed E-state index contributed by atoms with van der Waals surface area (Å²) in [5.41, 5.74) is 7.25. The third-order valence-corrected chi connectivity index (χ3v) is 3.64. The van der Waals surface area contributed by atoms with Gasteiger partial charge in [-0.3, -0.25) is 0 Å². The third kappa shape index (κ3) is 1.36. The fourth-order valence-corrected chi connectivity index (χ4v) is 2.64. The lowest BCUT2D eigenvalue weighted by atomic mass is 9.88. The van der Waals surface area contributed by atoms with E-state index in [9.17, 15) is 5.21 Å². The highest BCUT2D eigenvalue weighted by Gasteiger charge is 2.50. The summed E-state index contributed by atoms with van der Waals surface area (Å²) in [7, 11) is 0. The molecule has 1 heterocycles. The van der Waals surface area contributed by atoms with Gasteiger partial charge >= 0.3 is 0 Å². The molecule has 0 bridgehead atoms. The number of benzene rings is 1. The van der Waals surface area contributed by atoms with E-state index in [0.717, 1.165) is 16.2 Å². The lowest BCUT2D eigenvalue weighted by Gasteiger charge is -2.32. The van der Waals surface area contributed by atoms with Crippen LogP contribution < -0.4 is 5.73 Å². The van der Waals surface area contributed by atoms with E-state index in [4.69, 9.17) is 11.0 Å². The zero-order chi connectivity index (χ0) is 13.0. The predicted octanol–water partition coefficient (Wildman–Crippen LogP) is 2.27. The molecule has 17 heavy (non-hydrogen) atoms. The van der Waals surface area contributed by atoms with Crippen LogP contribution in [0.4, 0.5) is 5.69 Å². The lowest BCUT2D eigenvalue weighted by Crippen LogP contribution is -2.41. The van der Waals surface area contributed by atoms with Crippen LogP contribution in [0.5, 0.6) is 0 Å². The average Bonchev–Trinajstić information content (AvgIpc) is 2.38. The highest BCUT2D eigenvalue weighted by atomic mass is 16.5. The molecule has 4 nitrogen and oxygen atoms in total. The van der Waals surface area contributed by atoms with Crippen molar-refractivity contribution < 1.29 is 5.21 Å². The maximum Gasteiger partial charge on any atom is 0.101 e. The van der Waals surface area contributed by atoms with Crippen LogP contribution >= 0.6 is 0 Å². The van der Waals surface area contributed by atoms with Gasteiger partial charge in [-0.25, -0.2) is 0 Å². The van der Waals surface area contributed by atoms with E-state index in [2.05, 4.69) is 6.07 Å². The van der Waals surface area contributed by atoms with Gasteiger partial charge in [0.25, 0.3) is 0 Å². The summed E-state index contributed by atoms with van der Waals surface area (Å²) in [6.45, 7) is 7.48. The van der Waals surface area contributed by atoms with Gasteiger partial charge in [0.2, 0.25) is 0 Å². The van der Waals surface area contributed by atoms with Gasteiger partial charge in [-0.1, -0.05) is 0 Å². The van der Waals surface area contributed by atoms with Crippen molar-refractivity contribution in [3.63, 3.8) is 0 Å². The van der Waals surface area contributed by atoms with Crippen LogP contribution in [0.2, 0.25) is 0 Å². The smallest absolute Gasteiger partial charge is 0.101 e. The van der Waals surface area contributed by atoms with Gasteiger partial charge in [-0.2, -0.15) is 5.26 Å². The first kappa shape index (κ1) is 11.9. The summed E-state index contributed by atoms with van der Waals surface area (Å²) >= 11 is 0. The zero-order valence-electron chi connectivity index (χ0n) is 10.5. The largest absolute Gasteiger partial charge is 0.398 e. The SMILES string of the molecule is CC1(C)c2cc(N)c(C#N)cc2C(C)(C)N1[O]. The average molecular weight is 230 g/mol. The molecule has 0 saturated heterocycles. The van der Waals surface area contributed by atoms with Crippen LogP contribution in [0.3, 0.4) is 0 Å². The summed E-state index contributed by atoms with van der Waals surface area (Å²) in [5, 5.41) is 22.4. The molecule has 0 saturated carbocycles. The van der Waals surface area contributed by atoms with Gasteiger partial charge < -0.3 is 5.73 Å². The lowest BCUT2D eigenvalue weighted by molar-refractivity contribution is -0.266. The predicted molar refractivity (Wildman–Crippen MR) is 64.1 cm³/mol. The van der Waals surface area contributed by atoms with Crippen LogP contribution in [0, 0.1) is 11.3 Å². The van der Waals surface area contributed by atoms with Crippen molar-refractivity contribution in [2.75, 3.05) is 5.73 Å². The van der Waals surface area contributed by atoms with E-state index < -0.39 is 11.1 Å². The second-order valence-corrected chi connectivity index (χ2v) is 5.51. The fourth-order valence-electron chi connectivity index (χ4n) is 2.64. The molecule has 0 fully saturated rings. The molecule has 1 aromatic rings. The third-order valence-electron chi connectivity index (χ3n) is 3.64. The Morgan fingerprint density at radius 1 is 1.18 bits per heavy atom. The fraction of sp³-hybridized carbons (Fsp3) is 0.462. The standard InChI is InChI=1S/C13H16N3O/c1-12(2)9-5-8(7-14)11(15)6-10(9)13(3,4)16(12)17/h5-6H,15H2,1-4H3. The molecule has 2 N–H and O–H groups in total. The Morgan fingerprint density at radius 2 is 1.65 bits per heavy atom. The van der Waals surface area contributed by atoms with Crippen LogP contribution in [-0.4, -0.2) is 5.06 Å². The van der Waals surface area contributed by atoms with Gasteiger partial charge in [0.1, 0.15) is 6.07 Å². The second-order valence-electron chi connectivity index (χ2n) is 5.51. The van der Waals surface area contributed by atoms with E-state index in [0.29, 0.717) is 11.3 Å². The molecular weight excluding hydrogens is 214 g/mol. The molecule has 0 atom stereocenters. The Hall–Kier alpha value is -1.57. The van der Waals surface area contributed by atoms with E-state index in [1.807, 2.05) is 27.7 Å². The monoisotopic (exact) mass is 230 g/mol. The van der Waals surface area contributed by atoms with E-state index in [-0.39, 0.29) is 0 Å². The topological polar surface area (TPSA) is 73.0 Å². The molecule has 2 rings (SSSR count). The van der Waals surface area contributed by atoms with Crippen molar-refractivity contribution in [1.82, 2.24) is 5.06 Å². The van der Waals surface area contributed by atoms with Crippen molar-refractivity contribution in [3.05, 3.63) is 28.8 Å². The maximum atomic E-state index is 12.3. The number of nitrogens with two attached hydrogens (primary N) is 1. The van der Waals surface area contributed by atoms with Crippen molar-refractivity contribution >= 4 is 5.69 Å². The molecule has 1 aliphatic heterocycles. The van der Waals surface area contributed by atoms with Crippen LogP contribution in [-0.2, 0) is 16.3 Å². The molecule has 0 spiro atoms. The number of nitriles is 1. The molecule has 4 heteroatoms. The van der Waals surface area contributed by atoms with Gasteiger partial charge in [0.05, 0.1) is 16.6 Å². The molecule has 1 radical (unpaired) electrons. The van der Waals surface area contributed by atoms with Gasteiger partial charge in [0, 0.05) is 5.69 Å². The first-order chi connectivity index (χ1) is 7.72. The maximum absolute atomic E-state index is 12.3. The minimum absolute atomic E-state index is 0.433.